The van der Waals surface area contributed by atoms with Crippen molar-refractivity contribution in [2.45, 2.75) is 18.3 Å². The van der Waals surface area contributed by atoms with Gasteiger partial charge < -0.3 is 4.74 Å². The molecule has 0 fully saturated rings. The van der Waals surface area contributed by atoms with Gasteiger partial charge in [0, 0.05) is 23.0 Å². The number of nitrogens with zero attached hydrogens (tertiary/aromatic N) is 1. The highest BCUT2D eigenvalue weighted by Gasteiger charge is 2.39. The largest absolute Gasteiger partial charge is 0.496 e. The van der Waals surface area contributed by atoms with Gasteiger partial charge in [0.1, 0.15) is 5.75 Å². The lowest BCUT2D eigenvalue weighted by molar-refractivity contribution is 0.408. The number of methoxy groups -OCH3 is 1. The number of ether oxygens (including phenoxy) is 1. The average Bonchev–Trinajstić information content (AvgIpc) is 2.86. The Balaban J connectivity index is 2.19. The van der Waals surface area contributed by atoms with Crippen LogP contribution in [-0.4, -0.2) is 7.11 Å². The zero-order valence-electron chi connectivity index (χ0n) is 8.53. The van der Waals surface area contributed by atoms with Crippen molar-refractivity contribution in [2.75, 3.05) is 7.11 Å². The monoisotopic (exact) mass is 197 g/mol. The lowest BCUT2D eigenvalue weighted by Gasteiger charge is -2.16. The van der Waals surface area contributed by atoms with E-state index in [1.54, 1.807) is 7.11 Å². The van der Waals surface area contributed by atoms with Gasteiger partial charge in [0.25, 0.3) is 0 Å². The van der Waals surface area contributed by atoms with Crippen molar-refractivity contribution in [1.29, 1.82) is 5.26 Å². The molecule has 0 N–H and O–H groups in total. The number of fused-ring (bicyclic) bond motifs is 5. The number of benzene rings is 1. The first-order valence-electron chi connectivity index (χ1n) is 5.13. The summed E-state index contributed by atoms with van der Waals surface area (Å²) in [4.78, 5) is 0. The molecule has 0 aliphatic heterocycles. The van der Waals surface area contributed by atoms with Gasteiger partial charge in [-0.05, 0) is 18.1 Å². The number of hydrogen-bond donors (Lipinski definition) is 0. The summed E-state index contributed by atoms with van der Waals surface area (Å²) in [6, 6.07) is 8.45. The summed E-state index contributed by atoms with van der Waals surface area (Å²) in [5.41, 5.74) is 3.50. The molecule has 2 heteroatoms. The van der Waals surface area contributed by atoms with Crippen LogP contribution in [-0.2, 0) is 0 Å². The van der Waals surface area contributed by atoms with Crippen LogP contribution in [0.3, 0.4) is 0 Å². The van der Waals surface area contributed by atoms with Crippen LogP contribution < -0.4 is 4.74 Å². The molecule has 0 unspecified atom stereocenters. The number of rotatable bonds is 1. The highest BCUT2D eigenvalue weighted by atomic mass is 16.5. The molecule has 0 heterocycles. The standard InChI is InChI=1S/C13H11NO/c1-15-12-4-2-3-10-8-5-9(7-14)11(6-8)13(10)12/h2-5,8,11H,6H2,1H3/t8-,11-/m1/s1. The molecule has 0 saturated carbocycles. The van der Waals surface area contributed by atoms with E-state index in [1.807, 2.05) is 12.1 Å². The SMILES string of the molecule is COc1cccc2c1[C@@H]1C[C@H]2C=C1C#N. The summed E-state index contributed by atoms with van der Waals surface area (Å²) in [7, 11) is 1.69. The second-order valence-corrected chi connectivity index (χ2v) is 4.09. The van der Waals surface area contributed by atoms with Crippen LogP contribution in [0, 0.1) is 11.3 Å². The van der Waals surface area contributed by atoms with Crippen LogP contribution in [0.2, 0.25) is 0 Å². The van der Waals surface area contributed by atoms with Crippen LogP contribution in [0.25, 0.3) is 0 Å². The number of hydrogen-bond acceptors (Lipinski definition) is 2. The zero-order chi connectivity index (χ0) is 10.4. The van der Waals surface area contributed by atoms with Gasteiger partial charge in [0.2, 0.25) is 0 Å². The van der Waals surface area contributed by atoms with Gasteiger partial charge in [0.15, 0.2) is 0 Å². The third-order valence-corrected chi connectivity index (χ3v) is 3.44. The Labute approximate surface area is 88.8 Å². The predicted molar refractivity (Wildman–Crippen MR) is 56.8 cm³/mol. The quantitative estimate of drug-likeness (QED) is 0.693. The summed E-state index contributed by atoms with van der Waals surface area (Å²) in [5.74, 6) is 1.65. The van der Waals surface area contributed by atoms with Crippen molar-refractivity contribution >= 4 is 0 Å². The van der Waals surface area contributed by atoms with E-state index in [1.165, 1.54) is 11.1 Å². The molecule has 2 aliphatic carbocycles. The van der Waals surface area contributed by atoms with Gasteiger partial charge in [-0.2, -0.15) is 5.26 Å². The van der Waals surface area contributed by atoms with Gasteiger partial charge in [0.05, 0.1) is 13.2 Å². The minimum atomic E-state index is 0.283. The van der Waals surface area contributed by atoms with Gasteiger partial charge in [-0.25, -0.2) is 0 Å². The van der Waals surface area contributed by atoms with Crippen LogP contribution in [0.5, 0.6) is 5.75 Å². The average molecular weight is 197 g/mol. The maximum Gasteiger partial charge on any atom is 0.122 e. The van der Waals surface area contributed by atoms with Crippen molar-refractivity contribution in [3.05, 3.63) is 41.0 Å². The number of allylic oxidation sites excluding steroid dienone is 2. The Kier molecular flexibility index (Phi) is 1.63. The molecule has 3 rings (SSSR count). The second-order valence-electron chi connectivity index (χ2n) is 4.09. The number of nitriles is 1. The molecule has 2 atom stereocenters. The first-order chi connectivity index (χ1) is 7.35. The van der Waals surface area contributed by atoms with Crippen LogP contribution in [0.4, 0.5) is 0 Å². The van der Waals surface area contributed by atoms with E-state index in [-0.39, 0.29) is 5.92 Å². The van der Waals surface area contributed by atoms with Crippen molar-refractivity contribution in [3.63, 3.8) is 0 Å². The van der Waals surface area contributed by atoms with E-state index in [4.69, 9.17) is 10.00 Å². The van der Waals surface area contributed by atoms with E-state index in [0.717, 1.165) is 17.7 Å². The molecule has 0 radical (unpaired) electrons. The Morgan fingerprint density at radius 3 is 3.07 bits per heavy atom. The molecule has 1 aromatic carbocycles. The molecule has 0 amide bonds. The van der Waals surface area contributed by atoms with Crippen LogP contribution in [0.15, 0.2) is 29.8 Å². The molecule has 15 heavy (non-hydrogen) atoms. The lowest BCUT2D eigenvalue weighted by atomic mass is 9.91. The molecule has 74 valence electrons. The molecule has 2 nitrogen and oxygen atoms in total. The van der Waals surface area contributed by atoms with E-state index in [2.05, 4.69) is 18.2 Å². The van der Waals surface area contributed by atoms with Crippen LogP contribution >= 0.6 is 0 Å². The Morgan fingerprint density at radius 1 is 1.47 bits per heavy atom. The summed E-state index contributed by atoms with van der Waals surface area (Å²) in [5, 5.41) is 9.02. The molecule has 1 aromatic rings. The van der Waals surface area contributed by atoms with Crippen molar-refractivity contribution in [1.82, 2.24) is 0 Å². The second kappa shape index (κ2) is 2.87. The van der Waals surface area contributed by atoms with Gasteiger partial charge in [-0.3, -0.25) is 0 Å². The molecule has 2 aliphatic rings. The Bertz CT molecular complexity index is 496. The Hall–Kier alpha value is -1.75. The topological polar surface area (TPSA) is 33.0 Å². The van der Waals surface area contributed by atoms with Gasteiger partial charge in [-0.15, -0.1) is 0 Å². The minimum absolute atomic E-state index is 0.283. The third kappa shape index (κ3) is 0.979. The molecule has 0 saturated heterocycles. The first-order valence-corrected chi connectivity index (χ1v) is 5.13. The third-order valence-electron chi connectivity index (χ3n) is 3.44. The van der Waals surface area contributed by atoms with Crippen molar-refractivity contribution in [2.24, 2.45) is 0 Å². The summed E-state index contributed by atoms with van der Waals surface area (Å²) < 4.78 is 5.37. The fraction of sp³-hybridized carbons (Fsp3) is 0.308. The maximum absolute atomic E-state index is 9.02. The summed E-state index contributed by atoms with van der Waals surface area (Å²) in [6.45, 7) is 0. The van der Waals surface area contributed by atoms with E-state index in [9.17, 15) is 0 Å². The summed E-state index contributed by atoms with van der Waals surface area (Å²) in [6.07, 6.45) is 3.16. The van der Waals surface area contributed by atoms with Crippen molar-refractivity contribution < 1.29 is 4.74 Å². The molecular weight excluding hydrogens is 186 g/mol. The fourth-order valence-electron chi connectivity index (χ4n) is 2.82. The Morgan fingerprint density at radius 2 is 2.33 bits per heavy atom. The molecule has 0 aromatic heterocycles. The first kappa shape index (κ1) is 8.55. The minimum Gasteiger partial charge on any atom is -0.496 e. The summed E-state index contributed by atoms with van der Waals surface area (Å²) >= 11 is 0. The molecule has 2 bridgehead atoms. The fourth-order valence-corrected chi connectivity index (χ4v) is 2.82. The van der Waals surface area contributed by atoms with E-state index in [0.29, 0.717) is 5.92 Å². The zero-order valence-corrected chi connectivity index (χ0v) is 8.53. The van der Waals surface area contributed by atoms with E-state index >= 15 is 0 Å². The van der Waals surface area contributed by atoms with Crippen molar-refractivity contribution in [3.8, 4) is 11.8 Å². The molecular formula is C13H11NO. The predicted octanol–water partition coefficient (Wildman–Crippen LogP) is 2.73. The van der Waals surface area contributed by atoms with E-state index < -0.39 is 0 Å². The van der Waals surface area contributed by atoms with Gasteiger partial charge in [-0.1, -0.05) is 18.2 Å². The smallest absolute Gasteiger partial charge is 0.122 e. The highest BCUT2D eigenvalue weighted by Crippen LogP contribution is 2.54. The van der Waals surface area contributed by atoms with Gasteiger partial charge >= 0.3 is 0 Å². The highest BCUT2D eigenvalue weighted by molar-refractivity contribution is 5.59. The van der Waals surface area contributed by atoms with Crippen LogP contribution in [0.1, 0.15) is 29.4 Å². The maximum atomic E-state index is 9.02. The normalized spacial score (nSPS) is 25.7. The lowest BCUT2D eigenvalue weighted by Crippen LogP contribution is -2.01. The molecule has 0 spiro atoms.